The predicted octanol–water partition coefficient (Wildman–Crippen LogP) is 3.20. The van der Waals surface area contributed by atoms with Crippen LogP contribution in [0.2, 0.25) is 0 Å². The van der Waals surface area contributed by atoms with Gasteiger partial charge >= 0.3 is 11.9 Å². The third-order valence-electron chi connectivity index (χ3n) is 14.5. The molecule has 5 heterocycles. The minimum Gasteiger partial charge on any atom is -0.462 e. The first-order valence-electron chi connectivity index (χ1n) is 21.9. The third-order valence-corrected chi connectivity index (χ3v) is 14.5. The molecule has 16 nitrogen and oxygen atoms in total. The van der Waals surface area contributed by atoms with Crippen molar-refractivity contribution in [3.8, 4) is 0 Å². The molecule has 7 fully saturated rings. The number of ether oxygens (including phenoxy) is 13. The molecule has 2 aliphatic carbocycles. The molecule has 5 aliphatic heterocycles. The number of rotatable bonds is 11. The molecule has 59 heavy (non-hydrogen) atoms. The monoisotopic (exact) mass is 842 g/mol. The molecular weight excluding hydrogens is 772 g/mol. The molecule has 22 atom stereocenters. The normalized spacial score (nSPS) is 49.7. The van der Waals surface area contributed by atoms with Gasteiger partial charge in [0.1, 0.15) is 48.8 Å². The summed E-state index contributed by atoms with van der Waals surface area (Å²) in [5, 5.41) is 11.2. The summed E-state index contributed by atoms with van der Waals surface area (Å²) >= 11 is 0. The summed E-state index contributed by atoms with van der Waals surface area (Å²) in [5.74, 6) is -0.0292. The van der Waals surface area contributed by atoms with Crippen molar-refractivity contribution in [2.75, 3.05) is 48.8 Å². The fourth-order valence-corrected chi connectivity index (χ4v) is 10.4. The van der Waals surface area contributed by atoms with Crippen LogP contribution in [0.3, 0.4) is 0 Å². The Hall–Kier alpha value is -1.54. The Morgan fingerprint density at radius 1 is 0.508 bits per heavy atom. The highest BCUT2D eigenvalue weighted by molar-refractivity contribution is 5.71. The second-order valence-corrected chi connectivity index (χ2v) is 18.4. The number of carbonyl (C=O) groups excluding carboxylic acids is 2. The zero-order chi connectivity index (χ0) is 42.1. The molecule has 1 N–H and O–H groups in total. The third kappa shape index (κ3) is 10.5. The lowest BCUT2D eigenvalue weighted by molar-refractivity contribution is -0.309. The lowest BCUT2D eigenvalue weighted by Gasteiger charge is -2.46. The lowest BCUT2D eigenvalue weighted by Crippen LogP contribution is -2.58. The summed E-state index contributed by atoms with van der Waals surface area (Å²) in [5.41, 5.74) is 0. The topological polar surface area (TPSA) is 174 Å². The number of aliphatic hydroxyl groups is 1. The van der Waals surface area contributed by atoms with Crippen LogP contribution in [0.15, 0.2) is 0 Å². The minimum atomic E-state index is -1.10. The van der Waals surface area contributed by atoms with Crippen LogP contribution in [0.4, 0.5) is 0 Å². The summed E-state index contributed by atoms with van der Waals surface area (Å²) in [4.78, 5) is 28.1. The van der Waals surface area contributed by atoms with Crippen LogP contribution in [0.25, 0.3) is 0 Å². The van der Waals surface area contributed by atoms with Crippen molar-refractivity contribution in [3.05, 3.63) is 0 Å². The summed E-state index contributed by atoms with van der Waals surface area (Å²) in [6.45, 7) is 8.80. The van der Waals surface area contributed by atoms with Gasteiger partial charge in [0.2, 0.25) is 0 Å². The molecule has 0 unspecified atom stereocenters. The molecular formula is C43H70O16. The van der Waals surface area contributed by atoms with Crippen molar-refractivity contribution >= 4 is 11.9 Å². The number of esters is 2. The van der Waals surface area contributed by atoms with E-state index >= 15 is 0 Å². The Balaban J connectivity index is 1.12. The molecule has 0 amide bonds. The van der Waals surface area contributed by atoms with Gasteiger partial charge in [-0.15, -0.1) is 0 Å². The van der Waals surface area contributed by atoms with Crippen molar-refractivity contribution in [2.45, 2.75) is 177 Å². The van der Waals surface area contributed by atoms with Gasteiger partial charge in [0.25, 0.3) is 0 Å². The van der Waals surface area contributed by atoms with E-state index in [1.165, 1.54) is 7.11 Å². The molecule has 16 heteroatoms. The van der Waals surface area contributed by atoms with Crippen molar-refractivity contribution in [2.24, 2.45) is 35.5 Å². The second kappa shape index (κ2) is 19.9. The van der Waals surface area contributed by atoms with E-state index in [0.29, 0.717) is 37.5 Å². The quantitative estimate of drug-likeness (QED) is 0.300. The fourth-order valence-electron chi connectivity index (χ4n) is 10.4. The van der Waals surface area contributed by atoms with Gasteiger partial charge in [-0.05, 0) is 36.5 Å². The van der Waals surface area contributed by atoms with Gasteiger partial charge in [-0.3, -0.25) is 9.59 Å². The number of cyclic esters (lactones) is 2. The van der Waals surface area contributed by atoms with E-state index in [-0.39, 0.29) is 80.0 Å². The molecule has 0 aromatic heterocycles. The van der Waals surface area contributed by atoms with Crippen LogP contribution in [0.1, 0.15) is 79.1 Å². The van der Waals surface area contributed by atoms with Crippen LogP contribution in [0.5, 0.6) is 0 Å². The van der Waals surface area contributed by atoms with Crippen LogP contribution in [-0.4, -0.2) is 164 Å². The SMILES string of the molecule is CO[C@@H]1[C@@H](O)[C@H](O[C@H]2C[C@H]3C[C@@H]([C@H]4C[C@@H]4C)OC(=O)C[C@@H]4O[C@@H](C[C@H](O[C@@H]5OC[C@@H](OC)[C@H](OC)[C@H]5OC)[C@H]4C)C[C@@H]([C@H]4C[C@@H]4C)OC(=O)C[C@H](O3)[C@@H]2C)OC[C@H]1OC. The number of fused-ring (bicyclic) bond motifs is 4. The average molecular weight is 843 g/mol. The van der Waals surface area contributed by atoms with Crippen molar-refractivity contribution in [1.29, 1.82) is 0 Å². The highest BCUT2D eigenvalue weighted by Crippen LogP contribution is 2.47. The van der Waals surface area contributed by atoms with E-state index in [4.69, 9.17) is 61.6 Å². The number of aliphatic hydroxyl groups excluding tert-OH is 1. The number of methoxy groups -OCH3 is 5. The van der Waals surface area contributed by atoms with Gasteiger partial charge in [0.15, 0.2) is 12.6 Å². The zero-order valence-corrected chi connectivity index (χ0v) is 36.3. The first kappa shape index (κ1) is 45.5. The van der Waals surface area contributed by atoms with Crippen LogP contribution < -0.4 is 0 Å². The van der Waals surface area contributed by atoms with Gasteiger partial charge in [0, 0.05) is 73.1 Å². The standard InChI is InChI=1S/C43H70O16/c1-20-10-26(20)32-14-24-12-28(58-42-38(46)39(49-7)34(47-5)18-52-42)22(3)30(54-24)16-36(44)57-33(27-11-21(27)2)15-25-13-29(23(4)31(55-25)17-37(45)56-32)59-43-41(51-9)40(50-8)35(48-6)19-53-43/h20-35,38-43,46H,10-19H2,1-9H3/t20-,21-,22+,23+,24-,25-,26-,27-,28-,29-,30-,31-,32-,33-,34+,35+,38+,39-,40-,41+,42-,43-/m0/s1. The van der Waals surface area contributed by atoms with Crippen LogP contribution in [-0.2, 0) is 71.2 Å². The Bertz CT molecular complexity index is 1390. The largest absolute Gasteiger partial charge is 0.462 e. The molecule has 338 valence electrons. The van der Waals surface area contributed by atoms with Gasteiger partial charge in [-0.25, -0.2) is 0 Å². The van der Waals surface area contributed by atoms with Crippen molar-refractivity contribution in [1.82, 2.24) is 0 Å². The molecule has 2 saturated carbocycles. The van der Waals surface area contributed by atoms with Gasteiger partial charge in [0.05, 0.1) is 62.7 Å². The van der Waals surface area contributed by atoms with Gasteiger partial charge < -0.3 is 66.7 Å². The molecule has 0 spiro atoms. The Labute approximate surface area is 349 Å². The van der Waals surface area contributed by atoms with Crippen molar-refractivity contribution < 1.29 is 76.3 Å². The molecule has 5 saturated heterocycles. The number of hydrogen-bond acceptors (Lipinski definition) is 16. The summed E-state index contributed by atoms with van der Waals surface area (Å²) in [6, 6.07) is 0. The molecule has 0 radical (unpaired) electrons. The number of hydrogen-bond donors (Lipinski definition) is 1. The minimum absolute atomic E-state index is 0.0113. The summed E-state index contributed by atoms with van der Waals surface area (Å²) < 4.78 is 80.1. The molecule has 0 aromatic carbocycles. The maximum absolute atomic E-state index is 14.1. The molecule has 7 rings (SSSR count). The van der Waals surface area contributed by atoms with Crippen LogP contribution in [0, 0.1) is 35.5 Å². The summed E-state index contributed by atoms with van der Waals surface area (Å²) in [7, 11) is 7.91. The van der Waals surface area contributed by atoms with E-state index in [9.17, 15) is 14.7 Å². The molecule has 4 bridgehead atoms. The van der Waals surface area contributed by atoms with E-state index in [1.54, 1.807) is 28.4 Å². The van der Waals surface area contributed by atoms with Gasteiger partial charge in [-0.2, -0.15) is 0 Å². The molecule has 7 aliphatic rings. The van der Waals surface area contributed by atoms with E-state index in [0.717, 1.165) is 12.8 Å². The van der Waals surface area contributed by atoms with E-state index in [2.05, 4.69) is 13.8 Å². The van der Waals surface area contributed by atoms with Gasteiger partial charge in [-0.1, -0.05) is 27.7 Å². The zero-order valence-electron chi connectivity index (χ0n) is 36.3. The van der Waals surface area contributed by atoms with E-state index in [1.807, 2.05) is 13.8 Å². The second-order valence-electron chi connectivity index (χ2n) is 18.4. The Kier molecular flexibility index (Phi) is 15.3. The fraction of sp³-hybridized carbons (Fsp3) is 0.953. The first-order chi connectivity index (χ1) is 28.3. The maximum atomic E-state index is 14.1. The summed E-state index contributed by atoms with van der Waals surface area (Å²) in [6.07, 6.45) is -4.91. The Morgan fingerprint density at radius 3 is 1.36 bits per heavy atom. The average Bonchev–Trinajstić information content (AvgIpc) is 4.14. The highest BCUT2D eigenvalue weighted by atomic mass is 16.7. The molecule has 0 aromatic rings. The predicted molar refractivity (Wildman–Crippen MR) is 207 cm³/mol. The highest BCUT2D eigenvalue weighted by Gasteiger charge is 2.51. The first-order valence-corrected chi connectivity index (χ1v) is 21.9. The maximum Gasteiger partial charge on any atom is 0.308 e. The van der Waals surface area contributed by atoms with Crippen molar-refractivity contribution in [3.63, 3.8) is 0 Å². The smallest absolute Gasteiger partial charge is 0.308 e. The Morgan fingerprint density at radius 2 is 0.932 bits per heavy atom. The van der Waals surface area contributed by atoms with Crippen LogP contribution >= 0.6 is 0 Å². The number of carbonyl (C=O) groups is 2. The lowest BCUT2D eigenvalue weighted by atomic mass is 9.85. The van der Waals surface area contributed by atoms with E-state index < -0.39 is 79.7 Å².